The maximum Gasteiger partial charge on any atom is 0.253 e. The molecule has 1 aliphatic rings. The predicted molar refractivity (Wildman–Crippen MR) is 141 cm³/mol. The lowest BCUT2D eigenvalue weighted by Crippen LogP contribution is -2.48. The molecule has 0 bridgehead atoms. The van der Waals surface area contributed by atoms with Gasteiger partial charge in [-0.3, -0.25) is 9.69 Å². The van der Waals surface area contributed by atoms with Crippen LogP contribution in [0.1, 0.15) is 15.9 Å². The number of rotatable bonds is 6. The Morgan fingerprint density at radius 1 is 0.972 bits per heavy atom. The minimum absolute atomic E-state index is 0.0657. The molecule has 5 rings (SSSR count). The molecule has 0 saturated carbocycles. The minimum Gasteiger partial charge on any atom is -0.567 e. The molecule has 4 aromatic rings. The summed E-state index contributed by atoms with van der Waals surface area (Å²) in [5.74, 6) is -0.0657. The van der Waals surface area contributed by atoms with Crippen LogP contribution in [0, 0.1) is 5.21 Å². The average Bonchev–Trinajstić information content (AvgIpc) is 2.90. The van der Waals surface area contributed by atoms with Gasteiger partial charge < -0.3 is 10.1 Å². The fraction of sp³-hybridized carbons (Fsp3) is 0.185. The summed E-state index contributed by atoms with van der Waals surface area (Å²) in [6.45, 7) is 3.51. The summed E-state index contributed by atoms with van der Waals surface area (Å²) in [7, 11) is 0. The molecule has 1 fully saturated rings. The number of halogens is 1. The van der Waals surface area contributed by atoms with E-state index in [0.717, 1.165) is 35.6 Å². The summed E-state index contributed by atoms with van der Waals surface area (Å²) >= 11 is 6.28. The van der Waals surface area contributed by atoms with Crippen molar-refractivity contribution in [2.24, 2.45) is 0 Å². The van der Waals surface area contributed by atoms with Crippen LogP contribution in [0.25, 0.3) is 10.9 Å². The number of carbonyl (C=O) groups excluding carboxylic acids is 1. The maximum atomic E-state index is 13.0. The highest BCUT2D eigenvalue weighted by molar-refractivity contribution is 6.31. The number of piperazine rings is 1. The fourth-order valence-electron chi connectivity index (χ4n) is 4.41. The van der Waals surface area contributed by atoms with Crippen molar-refractivity contribution in [2.75, 3.05) is 31.6 Å². The Morgan fingerprint density at radius 2 is 1.69 bits per heavy atom. The van der Waals surface area contributed by atoms with Gasteiger partial charge >= 0.3 is 0 Å². The number of nitrogens with zero attached hydrogens (tertiary/aromatic N) is 4. The molecule has 184 valence electrons. The van der Waals surface area contributed by atoms with Crippen molar-refractivity contribution in [1.82, 2.24) is 19.7 Å². The molecule has 2 N–H and O–H groups in total. The van der Waals surface area contributed by atoms with Crippen molar-refractivity contribution >= 4 is 39.8 Å². The number of carbonyl (C=O) groups is 1. The number of benzene rings is 3. The van der Waals surface area contributed by atoms with Gasteiger partial charge in [0.1, 0.15) is 5.52 Å². The normalized spacial score (nSPS) is 16.0. The van der Waals surface area contributed by atoms with E-state index in [9.17, 15) is 15.2 Å². The summed E-state index contributed by atoms with van der Waals surface area (Å²) in [4.78, 5) is 19.5. The molecule has 2 heterocycles. The average molecular weight is 504 g/mol. The number of nitrogens with one attached hydrogen (secondary N) is 1. The van der Waals surface area contributed by atoms with Gasteiger partial charge in [-0.25, -0.2) is 4.98 Å². The Labute approximate surface area is 214 Å². The Bertz CT molecular complexity index is 1370. The van der Waals surface area contributed by atoms with E-state index < -0.39 is 4.92 Å². The highest BCUT2D eigenvalue weighted by Gasteiger charge is 2.25. The molecule has 1 unspecified atom stereocenters. The standard InChI is InChI=1S/C27H26ClN5O3/c28-24-8-2-1-5-22(24)19-31-15-17-32(18-16-31)27(34)21-10-12-23(13-11-21)30-33(35,36)25-9-3-6-20-7-4-14-29-26(20)25/h1-14,30,35H,15-19H2. The van der Waals surface area contributed by atoms with E-state index in [-0.39, 0.29) is 11.6 Å². The highest BCUT2D eigenvalue weighted by atomic mass is 35.5. The topological polar surface area (TPSA) is 91.8 Å². The molecular weight excluding hydrogens is 478 g/mol. The largest absolute Gasteiger partial charge is 0.567 e. The van der Waals surface area contributed by atoms with Crippen LogP contribution in [0.2, 0.25) is 5.02 Å². The molecule has 1 aromatic heterocycles. The second-order valence-electron chi connectivity index (χ2n) is 8.78. The third-order valence-electron chi connectivity index (χ3n) is 6.36. The van der Waals surface area contributed by atoms with Gasteiger partial charge in [-0.1, -0.05) is 52.9 Å². The third-order valence-corrected chi connectivity index (χ3v) is 6.73. The second-order valence-corrected chi connectivity index (χ2v) is 9.18. The predicted octanol–water partition coefficient (Wildman–Crippen LogP) is 5.07. The van der Waals surface area contributed by atoms with E-state index in [1.807, 2.05) is 41.3 Å². The van der Waals surface area contributed by atoms with Gasteiger partial charge in [-0.2, -0.15) is 10.6 Å². The van der Waals surface area contributed by atoms with Gasteiger partial charge in [0, 0.05) is 61.0 Å². The first kappa shape index (κ1) is 24.2. The van der Waals surface area contributed by atoms with Crippen molar-refractivity contribution in [3.05, 3.63) is 106 Å². The zero-order valence-electron chi connectivity index (χ0n) is 19.5. The Morgan fingerprint density at radius 3 is 2.44 bits per heavy atom. The smallest absolute Gasteiger partial charge is 0.253 e. The van der Waals surface area contributed by atoms with Crippen LogP contribution in [0.3, 0.4) is 0 Å². The number of fused-ring (bicyclic) bond motifs is 1. The van der Waals surface area contributed by atoms with Gasteiger partial charge in [0.2, 0.25) is 5.69 Å². The monoisotopic (exact) mass is 503 g/mol. The van der Waals surface area contributed by atoms with Crippen LogP contribution in [0.4, 0.5) is 11.4 Å². The second kappa shape index (κ2) is 10.2. The molecule has 1 aliphatic heterocycles. The van der Waals surface area contributed by atoms with Crippen molar-refractivity contribution in [3.63, 3.8) is 0 Å². The van der Waals surface area contributed by atoms with E-state index in [0.29, 0.717) is 29.9 Å². The van der Waals surface area contributed by atoms with Crippen LogP contribution in [0.5, 0.6) is 0 Å². The first-order chi connectivity index (χ1) is 17.4. The van der Waals surface area contributed by atoms with Crippen molar-refractivity contribution in [1.29, 1.82) is 0 Å². The number of aromatic nitrogens is 1. The van der Waals surface area contributed by atoms with Crippen molar-refractivity contribution in [3.8, 4) is 0 Å². The summed E-state index contributed by atoms with van der Waals surface area (Å²) in [5, 5.41) is 25.1. The molecule has 0 radical (unpaired) electrons. The van der Waals surface area contributed by atoms with Crippen molar-refractivity contribution < 1.29 is 10.0 Å². The lowest BCUT2D eigenvalue weighted by atomic mass is 10.1. The SMILES string of the molecule is O=C(c1ccc(N[N+]([O-])(O)c2cccc3cccnc23)cc1)N1CCN(Cc2ccccc2Cl)CC1. The molecule has 0 aliphatic carbocycles. The quantitative estimate of drug-likeness (QED) is 0.282. The number of hydrogen-bond donors (Lipinski definition) is 2. The highest BCUT2D eigenvalue weighted by Crippen LogP contribution is 2.29. The van der Waals surface area contributed by atoms with Crippen LogP contribution in [0.15, 0.2) is 85.1 Å². The van der Waals surface area contributed by atoms with Gasteiger partial charge in [0.25, 0.3) is 5.91 Å². The Balaban J connectivity index is 1.21. The van der Waals surface area contributed by atoms with Crippen molar-refractivity contribution in [2.45, 2.75) is 6.54 Å². The van der Waals surface area contributed by atoms with Crippen LogP contribution >= 0.6 is 11.6 Å². The first-order valence-electron chi connectivity index (χ1n) is 11.7. The third kappa shape index (κ3) is 5.18. The lowest BCUT2D eigenvalue weighted by Gasteiger charge is -2.35. The molecule has 3 aromatic carbocycles. The molecule has 1 amide bonds. The number of quaternary nitrogens is 1. The fourth-order valence-corrected chi connectivity index (χ4v) is 4.61. The molecule has 36 heavy (non-hydrogen) atoms. The van der Waals surface area contributed by atoms with Crippen LogP contribution in [-0.4, -0.2) is 52.1 Å². The Kier molecular flexibility index (Phi) is 6.86. The zero-order valence-corrected chi connectivity index (χ0v) is 20.3. The van der Waals surface area contributed by atoms with E-state index in [4.69, 9.17) is 11.6 Å². The molecule has 0 spiro atoms. The molecule has 1 saturated heterocycles. The number of pyridine rings is 1. The van der Waals surface area contributed by atoms with Crippen LogP contribution < -0.4 is 10.3 Å². The maximum absolute atomic E-state index is 13.0. The summed E-state index contributed by atoms with van der Waals surface area (Å²) in [6, 6.07) is 23.0. The van der Waals surface area contributed by atoms with Gasteiger partial charge in [-0.05, 0) is 42.0 Å². The molecule has 9 heteroatoms. The van der Waals surface area contributed by atoms with E-state index >= 15 is 0 Å². The van der Waals surface area contributed by atoms with E-state index in [2.05, 4.69) is 15.3 Å². The number of hydrogen-bond acceptors (Lipinski definition) is 6. The lowest BCUT2D eigenvalue weighted by molar-refractivity contribution is -0.00465. The molecular formula is C27H26ClN5O3. The molecule has 8 nitrogen and oxygen atoms in total. The van der Waals surface area contributed by atoms with E-state index in [1.165, 1.54) is 6.07 Å². The summed E-state index contributed by atoms with van der Waals surface area (Å²) in [5.41, 5.74) is 5.02. The first-order valence-corrected chi connectivity index (χ1v) is 12.1. The van der Waals surface area contributed by atoms with Gasteiger partial charge in [0.05, 0.1) is 5.69 Å². The number of anilines is 1. The van der Waals surface area contributed by atoms with Gasteiger partial charge in [0.15, 0.2) is 0 Å². The molecule has 1 atom stereocenters. The number of para-hydroxylation sites is 1. The number of amides is 1. The minimum atomic E-state index is -1.82. The Hall–Kier alpha value is -3.53. The summed E-state index contributed by atoms with van der Waals surface area (Å²) in [6.07, 6.45) is 1.57. The van der Waals surface area contributed by atoms with Gasteiger partial charge in [-0.15, -0.1) is 0 Å². The van der Waals surface area contributed by atoms with Crippen LogP contribution in [-0.2, 0) is 6.54 Å². The van der Waals surface area contributed by atoms with E-state index in [1.54, 1.807) is 42.6 Å². The zero-order chi connectivity index (χ0) is 25.1. The summed E-state index contributed by atoms with van der Waals surface area (Å²) < 4.78 is 0.